The van der Waals surface area contributed by atoms with Crippen LogP contribution in [0.2, 0.25) is 0 Å². The van der Waals surface area contributed by atoms with E-state index in [9.17, 15) is 9.18 Å². The molecule has 0 aliphatic rings. The number of hydrogen-bond acceptors (Lipinski definition) is 5. The molecule has 0 aliphatic heterocycles. The van der Waals surface area contributed by atoms with Crippen LogP contribution in [0.25, 0.3) is 22.4 Å². The van der Waals surface area contributed by atoms with Crippen molar-refractivity contribution >= 4 is 22.4 Å². The first-order valence-corrected chi connectivity index (χ1v) is 8.97. The molecule has 4 rings (SSSR count). The Labute approximate surface area is 157 Å². The van der Waals surface area contributed by atoms with E-state index in [0.29, 0.717) is 21.9 Å². The Morgan fingerprint density at radius 2 is 1.89 bits per heavy atom. The Morgan fingerprint density at radius 1 is 1.15 bits per heavy atom. The standard InChI is InChI=1S/C20H14FN3O2S/c1-2-11-26-16-9-5-14(6-10-16)18-22-20-24(23-18)19(25)17(27-20)12-13-3-7-15(21)8-4-13/h2-10,12H,1,11H2/b17-12-. The summed E-state index contributed by atoms with van der Waals surface area (Å²) in [6.07, 6.45) is 3.38. The van der Waals surface area contributed by atoms with Crippen LogP contribution < -0.4 is 14.8 Å². The molecule has 2 aromatic heterocycles. The summed E-state index contributed by atoms with van der Waals surface area (Å²) < 4.78 is 20.2. The van der Waals surface area contributed by atoms with E-state index in [1.807, 2.05) is 24.3 Å². The minimum atomic E-state index is -0.317. The van der Waals surface area contributed by atoms with Gasteiger partial charge in [0.1, 0.15) is 18.2 Å². The Kier molecular flexibility index (Phi) is 4.52. The maximum Gasteiger partial charge on any atom is 0.291 e. The van der Waals surface area contributed by atoms with Crippen LogP contribution in [0.15, 0.2) is 66.0 Å². The second-order valence-electron chi connectivity index (χ2n) is 5.72. The van der Waals surface area contributed by atoms with Crippen molar-refractivity contribution in [3.8, 4) is 17.1 Å². The highest BCUT2D eigenvalue weighted by atomic mass is 32.1. The summed E-state index contributed by atoms with van der Waals surface area (Å²) in [4.78, 5) is 17.5. The second kappa shape index (κ2) is 7.13. The number of thiazole rings is 1. The van der Waals surface area contributed by atoms with Crippen molar-refractivity contribution in [2.75, 3.05) is 6.61 Å². The van der Waals surface area contributed by atoms with Crippen molar-refractivity contribution in [1.82, 2.24) is 14.6 Å². The van der Waals surface area contributed by atoms with Crippen LogP contribution in [-0.4, -0.2) is 21.2 Å². The predicted octanol–water partition coefficient (Wildman–Crippen LogP) is 3.07. The first-order valence-electron chi connectivity index (χ1n) is 8.15. The van der Waals surface area contributed by atoms with E-state index in [4.69, 9.17) is 4.74 Å². The zero-order chi connectivity index (χ0) is 18.8. The largest absolute Gasteiger partial charge is 0.490 e. The fraction of sp³-hybridized carbons (Fsp3) is 0.0500. The molecule has 134 valence electrons. The van der Waals surface area contributed by atoms with Gasteiger partial charge in [0.15, 0.2) is 5.82 Å². The quantitative estimate of drug-likeness (QED) is 0.500. The van der Waals surface area contributed by atoms with Gasteiger partial charge in [-0.1, -0.05) is 36.1 Å². The highest BCUT2D eigenvalue weighted by Gasteiger charge is 2.12. The molecule has 0 spiro atoms. The van der Waals surface area contributed by atoms with Gasteiger partial charge in [-0.3, -0.25) is 4.79 Å². The van der Waals surface area contributed by atoms with E-state index in [0.717, 1.165) is 16.9 Å². The van der Waals surface area contributed by atoms with Gasteiger partial charge in [0.25, 0.3) is 5.56 Å². The summed E-state index contributed by atoms with van der Waals surface area (Å²) in [5.74, 6) is 0.880. The van der Waals surface area contributed by atoms with Crippen molar-refractivity contribution in [2.45, 2.75) is 0 Å². The lowest BCUT2D eigenvalue weighted by Gasteiger charge is -2.02. The minimum absolute atomic E-state index is 0.246. The van der Waals surface area contributed by atoms with Crippen LogP contribution in [0.1, 0.15) is 5.56 Å². The van der Waals surface area contributed by atoms with Crippen LogP contribution in [0.4, 0.5) is 4.39 Å². The molecule has 0 N–H and O–H groups in total. The second-order valence-corrected chi connectivity index (χ2v) is 6.73. The molecule has 0 radical (unpaired) electrons. The third-order valence-electron chi connectivity index (χ3n) is 3.83. The Balaban J connectivity index is 1.67. The van der Waals surface area contributed by atoms with Gasteiger partial charge >= 0.3 is 0 Å². The molecule has 2 aromatic carbocycles. The highest BCUT2D eigenvalue weighted by Crippen LogP contribution is 2.20. The van der Waals surface area contributed by atoms with Gasteiger partial charge in [0, 0.05) is 5.56 Å². The molecule has 4 aromatic rings. The smallest absolute Gasteiger partial charge is 0.291 e. The van der Waals surface area contributed by atoms with Crippen LogP contribution >= 0.6 is 11.3 Å². The van der Waals surface area contributed by atoms with Crippen LogP contribution in [0.3, 0.4) is 0 Å². The van der Waals surface area contributed by atoms with Crippen molar-refractivity contribution in [3.63, 3.8) is 0 Å². The van der Waals surface area contributed by atoms with Gasteiger partial charge in [-0.15, -0.1) is 5.10 Å². The lowest BCUT2D eigenvalue weighted by molar-refractivity contribution is 0.363. The lowest BCUT2D eigenvalue weighted by Crippen LogP contribution is -2.23. The molecule has 5 nitrogen and oxygen atoms in total. The van der Waals surface area contributed by atoms with Gasteiger partial charge < -0.3 is 4.74 Å². The summed E-state index contributed by atoms with van der Waals surface area (Å²) in [6, 6.07) is 13.3. The van der Waals surface area contributed by atoms with E-state index in [1.165, 1.54) is 28.0 Å². The van der Waals surface area contributed by atoms with E-state index in [2.05, 4.69) is 16.7 Å². The molecule has 0 aliphatic carbocycles. The van der Waals surface area contributed by atoms with Crippen LogP contribution in [0, 0.1) is 5.82 Å². The number of halogens is 1. The molecule has 0 atom stereocenters. The monoisotopic (exact) mass is 379 g/mol. The summed E-state index contributed by atoms with van der Waals surface area (Å²) in [7, 11) is 0. The third-order valence-corrected chi connectivity index (χ3v) is 4.79. The number of nitrogens with zero attached hydrogens (tertiary/aromatic N) is 3. The first-order chi connectivity index (χ1) is 13.1. The fourth-order valence-electron chi connectivity index (χ4n) is 2.52. The van der Waals surface area contributed by atoms with E-state index in [-0.39, 0.29) is 11.4 Å². The molecule has 7 heteroatoms. The number of aromatic nitrogens is 3. The summed E-state index contributed by atoms with van der Waals surface area (Å²) in [5, 5.41) is 4.32. The molecule has 0 fully saturated rings. The topological polar surface area (TPSA) is 56.5 Å². The van der Waals surface area contributed by atoms with E-state index in [1.54, 1.807) is 24.3 Å². The molecular formula is C20H14FN3O2S. The number of hydrogen-bond donors (Lipinski definition) is 0. The predicted molar refractivity (Wildman–Crippen MR) is 103 cm³/mol. The average Bonchev–Trinajstić information content (AvgIpc) is 3.22. The molecular weight excluding hydrogens is 365 g/mol. The zero-order valence-corrected chi connectivity index (χ0v) is 14.9. The number of fused-ring (bicyclic) bond motifs is 1. The molecule has 0 unspecified atom stereocenters. The van der Waals surface area contributed by atoms with Crippen molar-refractivity contribution in [2.24, 2.45) is 0 Å². The lowest BCUT2D eigenvalue weighted by atomic mass is 10.2. The number of benzene rings is 2. The summed E-state index contributed by atoms with van der Waals surface area (Å²) in [6.45, 7) is 4.04. The van der Waals surface area contributed by atoms with Gasteiger partial charge in [0.2, 0.25) is 4.96 Å². The zero-order valence-electron chi connectivity index (χ0n) is 14.1. The molecule has 0 amide bonds. The minimum Gasteiger partial charge on any atom is -0.490 e. The maximum atomic E-state index is 13.0. The molecule has 0 bridgehead atoms. The van der Waals surface area contributed by atoms with Crippen molar-refractivity contribution < 1.29 is 9.13 Å². The first kappa shape index (κ1) is 17.1. The average molecular weight is 379 g/mol. The van der Waals surface area contributed by atoms with Gasteiger partial charge in [0.05, 0.1) is 4.53 Å². The Hall–Kier alpha value is -3.32. The summed E-state index contributed by atoms with van der Waals surface area (Å²) >= 11 is 1.24. The van der Waals surface area contributed by atoms with E-state index < -0.39 is 0 Å². The van der Waals surface area contributed by atoms with Crippen LogP contribution in [-0.2, 0) is 0 Å². The van der Waals surface area contributed by atoms with E-state index >= 15 is 0 Å². The SMILES string of the molecule is C=CCOc1ccc(-c2nc3s/c(=C\c4ccc(F)cc4)c(=O)n3n2)cc1. The molecule has 0 saturated heterocycles. The maximum absolute atomic E-state index is 13.0. The third kappa shape index (κ3) is 3.50. The van der Waals surface area contributed by atoms with Gasteiger partial charge in [-0.2, -0.15) is 9.50 Å². The van der Waals surface area contributed by atoms with Gasteiger partial charge in [-0.25, -0.2) is 4.39 Å². The fourth-order valence-corrected chi connectivity index (χ4v) is 3.43. The number of ether oxygens (including phenoxy) is 1. The van der Waals surface area contributed by atoms with Gasteiger partial charge in [-0.05, 0) is 48.0 Å². The normalized spacial score (nSPS) is 11.8. The van der Waals surface area contributed by atoms with Crippen molar-refractivity contribution in [1.29, 1.82) is 0 Å². The highest BCUT2D eigenvalue weighted by molar-refractivity contribution is 7.15. The molecule has 2 heterocycles. The molecule has 0 saturated carbocycles. The Bertz CT molecular complexity index is 1210. The van der Waals surface area contributed by atoms with Crippen LogP contribution in [0.5, 0.6) is 5.75 Å². The number of rotatable bonds is 5. The Morgan fingerprint density at radius 3 is 2.56 bits per heavy atom. The van der Waals surface area contributed by atoms with Crippen molar-refractivity contribution in [3.05, 3.63) is 87.5 Å². The summed E-state index contributed by atoms with van der Waals surface area (Å²) in [5.41, 5.74) is 1.29. The molecule has 27 heavy (non-hydrogen) atoms.